The quantitative estimate of drug-likeness (QED) is 0.725. The van der Waals surface area contributed by atoms with E-state index in [2.05, 4.69) is 6.07 Å². The van der Waals surface area contributed by atoms with Crippen molar-refractivity contribution in [1.29, 1.82) is 0 Å². The molecular weight excluding hydrogens is 210 g/mol. The number of halogens is 1. The number of carbonyl (C=O) groups excluding carboxylic acids is 1. The Morgan fingerprint density at radius 1 is 1.53 bits per heavy atom. The van der Waals surface area contributed by atoms with Crippen molar-refractivity contribution in [3.63, 3.8) is 0 Å². The SMILES string of the molecule is Cc1cccc(CN(C)C(=O)C(C)Cl)c1. The summed E-state index contributed by atoms with van der Waals surface area (Å²) in [6.07, 6.45) is 0. The lowest BCUT2D eigenvalue weighted by atomic mass is 10.1. The van der Waals surface area contributed by atoms with E-state index in [-0.39, 0.29) is 5.91 Å². The van der Waals surface area contributed by atoms with E-state index in [4.69, 9.17) is 11.6 Å². The van der Waals surface area contributed by atoms with E-state index in [0.717, 1.165) is 5.56 Å². The summed E-state index contributed by atoms with van der Waals surface area (Å²) < 4.78 is 0. The fraction of sp³-hybridized carbons (Fsp3) is 0.417. The molecule has 0 heterocycles. The number of aryl methyl sites for hydroxylation is 1. The number of rotatable bonds is 3. The maximum Gasteiger partial charge on any atom is 0.240 e. The molecule has 0 bridgehead atoms. The Balaban J connectivity index is 2.66. The van der Waals surface area contributed by atoms with Gasteiger partial charge in [-0.2, -0.15) is 0 Å². The Bertz CT molecular complexity index is 349. The van der Waals surface area contributed by atoms with Gasteiger partial charge in [-0.05, 0) is 19.4 Å². The number of amides is 1. The third-order valence-electron chi connectivity index (χ3n) is 2.22. The highest BCUT2D eigenvalue weighted by atomic mass is 35.5. The minimum absolute atomic E-state index is 0.0434. The monoisotopic (exact) mass is 225 g/mol. The van der Waals surface area contributed by atoms with Gasteiger partial charge in [-0.3, -0.25) is 4.79 Å². The van der Waals surface area contributed by atoms with Crippen LogP contribution in [-0.2, 0) is 11.3 Å². The van der Waals surface area contributed by atoms with Crippen LogP contribution in [0, 0.1) is 6.92 Å². The number of carbonyl (C=O) groups is 1. The van der Waals surface area contributed by atoms with Crippen molar-refractivity contribution in [3.8, 4) is 0 Å². The smallest absolute Gasteiger partial charge is 0.240 e. The molecule has 0 saturated heterocycles. The summed E-state index contributed by atoms with van der Waals surface area (Å²) in [6.45, 7) is 4.34. The molecule has 1 unspecified atom stereocenters. The van der Waals surface area contributed by atoms with Crippen LogP contribution in [0.2, 0.25) is 0 Å². The lowest BCUT2D eigenvalue weighted by Crippen LogP contribution is -2.31. The molecule has 0 aromatic heterocycles. The standard InChI is InChI=1S/C12H16ClNO/c1-9-5-4-6-11(7-9)8-14(3)12(15)10(2)13/h4-7,10H,8H2,1-3H3. The van der Waals surface area contributed by atoms with Crippen LogP contribution in [-0.4, -0.2) is 23.2 Å². The summed E-state index contributed by atoms with van der Waals surface area (Å²) in [6, 6.07) is 8.11. The Morgan fingerprint density at radius 3 is 2.73 bits per heavy atom. The van der Waals surface area contributed by atoms with Gasteiger partial charge in [-0.15, -0.1) is 11.6 Å². The highest BCUT2D eigenvalue weighted by Crippen LogP contribution is 2.08. The minimum Gasteiger partial charge on any atom is -0.340 e. The van der Waals surface area contributed by atoms with E-state index in [0.29, 0.717) is 6.54 Å². The molecule has 0 spiro atoms. The maximum absolute atomic E-state index is 11.5. The summed E-state index contributed by atoms with van der Waals surface area (Å²) in [7, 11) is 1.77. The molecule has 82 valence electrons. The first-order valence-corrected chi connectivity index (χ1v) is 5.39. The van der Waals surface area contributed by atoms with Crippen molar-refractivity contribution in [3.05, 3.63) is 35.4 Å². The van der Waals surface area contributed by atoms with E-state index < -0.39 is 5.38 Å². The molecule has 1 rings (SSSR count). The molecule has 0 aliphatic carbocycles. The number of hydrogen-bond donors (Lipinski definition) is 0. The van der Waals surface area contributed by atoms with Crippen LogP contribution in [0.25, 0.3) is 0 Å². The van der Waals surface area contributed by atoms with Gasteiger partial charge in [0, 0.05) is 13.6 Å². The Hall–Kier alpha value is -1.02. The molecule has 3 heteroatoms. The Morgan fingerprint density at radius 2 is 2.20 bits per heavy atom. The van der Waals surface area contributed by atoms with E-state index >= 15 is 0 Å². The van der Waals surface area contributed by atoms with Crippen LogP contribution >= 0.6 is 11.6 Å². The third kappa shape index (κ3) is 3.56. The highest BCUT2D eigenvalue weighted by Gasteiger charge is 2.14. The zero-order valence-electron chi connectivity index (χ0n) is 9.33. The second kappa shape index (κ2) is 5.17. The summed E-state index contributed by atoms with van der Waals surface area (Å²) in [5.41, 5.74) is 2.33. The first-order valence-electron chi connectivity index (χ1n) is 4.95. The van der Waals surface area contributed by atoms with Crippen LogP contribution in [0.5, 0.6) is 0 Å². The van der Waals surface area contributed by atoms with Crippen molar-refractivity contribution < 1.29 is 4.79 Å². The Kier molecular flexibility index (Phi) is 4.15. The first kappa shape index (κ1) is 12.1. The predicted molar refractivity (Wildman–Crippen MR) is 63.0 cm³/mol. The maximum atomic E-state index is 11.5. The average Bonchev–Trinajstić information content (AvgIpc) is 2.16. The predicted octanol–water partition coefficient (Wildman–Crippen LogP) is 2.58. The second-order valence-electron chi connectivity index (χ2n) is 3.80. The lowest BCUT2D eigenvalue weighted by Gasteiger charge is -2.18. The fourth-order valence-electron chi connectivity index (χ4n) is 1.47. The van der Waals surface area contributed by atoms with E-state index in [1.54, 1.807) is 18.9 Å². The molecule has 0 saturated carbocycles. The molecule has 0 N–H and O–H groups in total. The summed E-state index contributed by atoms with van der Waals surface area (Å²) in [4.78, 5) is 13.2. The second-order valence-corrected chi connectivity index (χ2v) is 4.45. The summed E-state index contributed by atoms with van der Waals surface area (Å²) in [5, 5.41) is -0.459. The molecule has 2 nitrogen and oxygen atoms in total. The number of nitrogens with zero attached hydrogens (tertiary/aromatic N) is 1. The topological polar surface area (TPSA) is 20.3 Å². The molecule has 0 aliphatic heterocycles. The average molecular weight is 226 g/mol. The highest BCUT2D eigenvalue weighted by molar-refractivity contribution is 6.30. The van der Waals surface area contributed by atoms with Crippen LogP contribution in [0.1, 0.15) is 18.1 Å². The number of hydrogen-bond acceptors (Lipinski definition) is 1. The van der Waals surface area contributed by atoms with Gasteiger partial charge in [0.05, 0.1) is 0 Å². The van der Waals surface area contributed by atoms with Gasteiger partial charge in [0.15, 0.2) is 0 Å². The zero-order valence-corrected chi connectivity index (χ0v) is 10.1. The van der Waals surface area contributed by atoms with Crippen LogP contribution in [0.4, 0.5) is 0 Å². The van der Waals surface area contributed by atoms with Crippen LogP contribution in [0.3, 0.4) is 0 Å². The van der Waals surface area contributed by atoms with E-state index in [9.17, 15) is 4.79 Å². The molecule has 0 radical (unpaired) electrons. The van der Waals surface area contributed by atoms with Crippen molar-refractivity contribution in [2.75, 3.05) is 7.05 Å². The normalized spacial score (nSPS) is 12.3. The van der Waals surface area contributed by atoms with Gasteiger partial charge in [0.1, 0.15) is 5.38 Å². The van der Waals surface area contributed by atoms with Gasteiger partial charge in [-0.1, -0.05) is 29.8 Å². The van der Waals surface area contributed by atoms with Crippen molar-refractivity contribution in [2.45, 2.75) is 25.8 Å². The van der Waals surface area contributed by atoms with Gasteiger partial charge in [0.25, 0.3) is 0 Å². The molecule has 15 heavy (non-hydrogen) atoms. The van der Waals surface area contributed by atoms with Crippen molar-refractivity contribution in [2.24, 2.45) is 0 Å². The third-order valence-corrected chi connectivity index (χ3v) is 2.41. The molecular formula is C12H16ClNO. The molecule has 1 atom stereocenters. The molecule has 0 aliphatic rings. The number of alkyl halides is 1. The van der Waals surface area contributed by atoms with Gasteiger partial charge in [-0.25, -0.2) is 0 Å². The van der Waals surface area contributed by atoms with E-state index in [1.165, 1.54) is 5.56 Å². The van der Waals surface area contributed by atoms with Crippen LogP contribution in [0.15, 0.2) is 24.3 Å². The minimum atomic E-state index is -0.459. The van der Waals surface area contributed by atoms with Crippen molar-refractivity contribution >= 4 is 17.5 Å². The van der Waals surface area contributed by atoms with E-state index in [1.807, 2.05) is 25.1 Å². The molecule has 1 amide bonds. The molecule has 1 aromatic rings. The van der Waals surface area contributed by atoms with Gasteiger partial charge in [0.2, 0.25) is 5.91 Å². The summed E-state index contributed by atoms with van der Waals surface area (Å²) >= 11 is 5.73. The van der Waals surface area contributed by atoms with Crippen LogP contribution < -0.4 is 0 Å². The fourth-order valence-corrected chi connectivity index (χ4v) is 1.63. The zero-order chi connectivity index (χ0) is 11.4. The largest absolute Gasteiger partial charge is 0.340 e. The first-order chi connectivity index (χ1) is 7.00. The molecule has 0 fully saturated rings. The van der Waals surface area contributed by atoms with Gasteiger partial charge < -0.3 is 4.90 Å². The Labute approximate surface area is 95.8 Å². The summed E-state index contributed by atoms with van der Waals surface area (Å²) in [5.74, 6) is -0.0434. The number of benzene rings is 1. The van der Waals surface area contributed by atoms with Crippen molar-refractivity contribution in [1.82, 2.24) is 4.90 Å². The molecule has 1 aromatic carbocycles. The van der Waals surface area contributed by atoms with Gasteiger partial charge >= 0.3 is 0 Å². The lowest BCUT2D eigenvalue weighted by molar-refractivity contribution is -0.129.